The molecule has 3 rings (SSSR count). The molecule has 0 fully saturated rings. The highest BCUT2D eigenvalue weighted by Gasteiger charge is 2.25. The zero-order chi connectivity index (χ0) is 20.6. The number of esters is 1. The molecular formula is C23H24N2O3S. The van der Waals surface area contributed by atoms with Crippen LogP contribution in [0.1, 0.15) is 30.9 Å². The summed E-state index contributed by atoms with van der Waals surface area (Å²) in [4.78, 5) is 27.6. The highest BCUT2D eigenvalue weighted by Crippen LogP contribution is 2.27. The number of fused-ring (bicyclic) bond motifs is 1. The number of aryl methyl sites for hydroxylation is 2. The summed E-state index contributed by atoms with van der Waals surface area (Å²) in [5.74, 6) is -0.605. The molecule has 0 saturated heterocycles. The van der Waals surface area contributed by atoms with Crippen LogP contribution in [0.15, 0.2) is 53.4 Å². The largest absolute Gasteiger partial charge is 0.452 e. The van der Waals surface area contributed by atoms with E-state index in [9.17, 15) is 9.59 Å². The van der Waals surface area contributed by atoms with Crippen LogP contribution in [0, 0.1) is 11.3 Å². The molecule has 1 unspecified atom stereocenters. The number of para-hydroxylation sites is 1. The van der Waals surface area contributed by atoms with Crippen molar-refractivity contribution in [3.8, 4) is 6.07 Å². The van der Waals surface area contributed by atoms with Gasteiger partial charge in [-0.05, 0) is 61.6 Å². The molecule has 29 heavy (non-hydrogen) atoms. The second-order valence-corrected chi connectivity index (χ2v) is 7.99. The topological polar surface area (TPSA) is 70.4 Å². The molecule has 0 aliphatic heterocycles. The number of thioether (sulfide) groups is 1. The summed E-state index contributed by atoms with van der Waals surface area (Å²) in [5, 5.41) is 8.89. The first kappa shape index (κ1) is 20.9. The molecule has 6 heteroatoms. The summed E-state index contributed by atoms with van der Waals surface area (Å²) < 4.78 is 5.38. The number of carbonyl (C=O) groups is 2. The van der Waals surface area contributed by atoms with Crippen molar-refractivity contribution in [2.45, 2.75) is 43.6 Å². The molecule has 0 bridgehead atoms. The number of rotatable bonds is 8. The Morgan fingerprint density at radius 1 is 1.17 bits per heavy atom. The Labute approximate surface area is 175 Å². The Morgan fingerprint density at radius 3 is 2.69 bits per heavy atom. The summed E-state index contributed by atoms with van der Waals surface area (Å²) in [7, 11) is 0. The highest BCUT2D eigenvalue weighted by molar-refractivity contribution is 8.00. The fourth-order valence-electron chi connectivity index (χ4n) is 3.42. The van der Waals surface area contributed by atoms with Gasteiger partial charge < -0.3 is 9.64 Å². The van der Waals surface area contributed by atoms with E-state index in [2.05, 4.69) is 18.2 Å². The van der Waals surface area contributed by atoms with E-state index in [0.717, 1.165) is 17.7 Å². The number of nitrogens with zero attached hydrogens (tertiary/aromatic N) is 2. The number of carbonyl (C=O) groups excluding carboxylic acids is 2. The number of benzene rings is 2. The first-order valence-corrected chi connectivity index (χ1v) is 10.7. The van der Waals surface area contributed by atoms with E-state index in [1.165, 1.54) is 34.2 Å². The van der Waals surface area contributed by atoms with Crippen molar-refractivity contribution in [3.63, 3.8) is 0 Å². The van der Waals surface area contributed by atoms with Crippen LogP contribution in [0.3, 0.4) is 0 Å². The predicted octanol–water partition coefficient (Wildman–Crippen LogP) is 4.15. The van der Waals surface area contributed by atoms with E-state index in [1.807, 2.05) is 24.3 Å². The molecule has 5 nitrogen and oxygen atoms in total. The maximum absolute atomic E-state index is 12.8. The summed E-state index contributed by atoms with van der Waals surface area (Å²) >= 11 is 1.42. The molecule has 0 N–H and O–H groups in total. The van der Waals surface area contributed by atoms with Crippen LogP contribution < -0.4 is 4.90 Å². The predicted molar refractivity (Wildman–Crippen MR) is 114 cm³/mol. The number of ether oxygens (including phenoxy) is 1. The lowest BCUT2D eigenvalue weighted by atomic mass is 10.1. The quantitative estimate of drug-likeness (QED) is 0.485. The summed E-state index contributed by atoms with van der Waals surface area (Å²) in [5.41, 5.74) is 3.44. The van der Waals surface area contributed by atoms with Gasteiger partial charge >= 0.3 is 5.97 Å². The molecule has 2 aromatic rings. The van der Waals surface area contributed by atoms with E-state index in [4.69, 9.17) is 10.00 Å². The maximum Gasteiger partial charge on any atom is 0.317 e. The fourth-order valence-corrected chi connectivity index (χ4v) is 4.16. The molecule has 0 radical (unpaired) electrons. The maximum atomic E-state index is 12.8. The summed E-state index contributed by atoms with van der Waals surface area (Å²) in [6.07, 6.45) is 2.70. The van der Waals surface area contributed by atoms with Crippen LogP contribution in [-0.2, 0) is 27.2 Å². The van der Waals surface area contributed by atoms with E-state index in [0.29, 0.717) is 5.69 Å². The van der Waals surface area contributed by atoms with Gasteiger partial charge in [-0.15, -0.1) is 11.8 Å². The SMILES string of the molecule is CC(OC(=O)CSc1ccc2c(c1)CCC2)C(=O)N(CCC#N)c1ccccc1. The van der Waals surface area contributed by atoms with Gasteiger partial charge in [-0.25, -0.2) is 0 Å². The van der Waals surface area contributed by atoms with Crippen LogP contribution in [-0.4, -0.2) is 30.3 Å². The van der Waals surface area contributed by atoms with Crippen LogP contribution >= 0.6 is 11.8 Å². The Hall–Kier alpha value is -2.78. The van der Waals surface area contributed by atoms with Gasteiger partial charge in [0.15, 0.2) is 6.10 Å². The lowest BCUT2D eigenvalue weighted by Crippen LogP contribution is -2.41. The summed E-state index contributed by atoms with van der Waals surface area (Å²) in [6.45, 7) is 1.83. The van der Waals surface area contributed by atoms with Crippen molar-refractivity contribution in [2.24, 2.45) is 0 Å². The average molecular weight is 409 g/mol. The van der Waals surface area contributed by atoms with Crippen molar-refractivity contribution in [2.75, 3.05) is 17.2 Å². The van der Waals surface area contributed by atoms with Gasteiger partial charge in [0.2, 0.25) is 0 Å². The molecule has 0 heterocycles. The first-order valence-electron chi connectivity index (χ1n) is 9.76. The Balaban J connectivity index is 1.56. The number of anilines is 1. The second-order valence-electron chi connectivity index (χ2n) is 6.94. The van der Waals surface area contributed by atoms with E-state index >= 15 is 0 Å². The molecule has 0 saturated carbocycles. The van der Waals surface area contributed by atoms with E-state index in [-0.39, 0.29) is 24.6 Å². The average Bonchev–Trinajstić information content (AvgIpc) is 3.21. The molecule has 0 aromatic heterocycles. The van der Waals surface area contributed by atoms with Crippen molar-refractivity contribution in [1.82, 2.24) is 0 Å². The molecule has 1 amide bonds. The Bertz CT molecular complexity index is 908. The standard InChI is InChI=1S/C23H24N2O3S/c1-17(23(27)25(14-6-13-24)20-9-3-2-4-10-20)28-22(26)16-29-21-12-11-18-7-5-8-19(18)15-21/h2-4,9-12,15,17H,5-8,14,16H2,1H3. The highest BCUT2D eigenvalue weighted by atomic mass is 32.2. The monoisotopic (exact) mass is 408 g/mol. The molecule has 1 aliphatic rings. The van der Waals surface area contributed by atoms with Crippen molar-refractivity contribution >= 4 is 29.3 Å². The molecule has 1 aliphatic carbocycles. The molecule has 150 valence electrons. The Morgan fingerprint density at radius 2 is 1.93 bits per heavy atom. The third-order valence-electron chi connectivity index (χ3n) is 4.86. The van der Waals surface area contributed by atoms with Crippen molar-refractivity contribution < 1.29 is 14.3 Å². The van der Waals surface area contributed by atoms with Crippen LogP contribution in [0.2, 0.25) is 0 Å². The zero-order valence-corrected chi connectivity index (χ0v) is 17.3. The minimum Gasteiger partial charge on any atom is -0.452 e. The number of hydrogen-bond donors (Lipinski definition) is 0. The number of nitriles is 1. The van der Waals surface area contributed by atoms with Gasteiger partial charge in [0.05, 0.1) is 18.2 Å². The van der Waals surface area contributed by atoms with Gasteiger partial charge in [-0.3, -0.25) is 9.59 Å². The van der Waals surface area contributed by atoms with Gasteiger partial charge in [0.1, 0.15) is 0 Å². The van der Waals surface area contributed by atoms with Gasteiger partial charge in [0.25, 0.3) is 5.91 Å². The molecule has 1 atom stereocenters. The van der Waals surface area contributed by atoms with Gasteiger partial charge in [0, 0.05) is 17.1 Å². The zero-order valence-electron chi connectivity index (χ0n) is 16.5. The Kier molecular flexibility index (Phi) is 7.31. The molecule has 0 spiro atoms. The number of hydrogen-bond acceptors (Lipinski definition) is 5. The third-order valence-corrected chi connectivity index (χ3v) is 5.83. The van der Waals surface area contributed by atoms with Crippen molar-refractivity contribution in [1.29, 1.82) is 5.26 Å². The first-order chi connectivity index (χ1) is 14.1. The normalized spacial score (nSPS) is 13.2. The molecule has 2 aromatic carbocycles. The van der Waals surface area contributed by atoms with Crippen LogP contribution in [0.25, 0.3) is 0 Å². The minimum absolute atomic E-state index is 0.153. The number of amides is 1. The van der Waals surface area contributed by atoms with E-state index in [1.54, 1.807) is 19.1 Å². The van der Waals surface area contributed by atoms with Crippen LogP contribution in [0.4, 0.5) is 5.69 Å². The fraction of sp³-hybridized carbons (Fsp3) is 0.348. The summed E-state index contributed by atoms with van der Waals surface area (Å²) in [6, 6.07) is 17.5. The molecular weight excluding hydrogens is 384 g/mol. The van der Waals surface area contributed by atoms with Crippen molar-refractivity contribution in [3.05, 3.63) is 59.7 Å². The van der Waals surface area contributed by atoms with Gasteiger partial charge in [-0.1, -0.05) is 24.3 Å². The second kappa shape index (κ2) is 10.1. The third kappa shape index (κ3) is 5.61. The van der Waals surface area contributed by atoms with Gasteiger partial charge in [-0.2, -0.15) is 5.26 Å². The lowest BCUT2D eigenvalue weighted by molar-refractivity contribution is -0.151. The lowest BCUT2D eigenvalue weighted by Gasteiger charge is -2.25. The van der Waals surface area contributed by atoms with E-state index < -0.39 is 12.1 Å². The smallest absolute Gasteiger partial charge is 0.317 e. The van der Waals surface area contributed by atoms with Crippen LogP contribution in [0.5, 0.6) is 0 Å². The minimum atomic E-state index is -0.915.